The van der Waals surface area contributed by atoms with Crippen molar-refractivity contribution in [2.75, 3.05) is 4.90 Å². The molecule has 1 saturated heterocycles. The molecule has 3 fully saturated rings. The minimum atomic E-state index is -0.557. The molecule has 0 radical (unpaired) electrons. The summed E-state index contributed by atoms with van der Waals surface area (Å²) in [5, 5.41) is 0.547. The first-order valence-corrected chi connectivity index (χ1v) is 10.5. The van der Waals surface area contributed by atoms with E-state index in [-0.39, 0.29) is 41.0 Å². The standard InChI is InChI=1S/C24H18ClNO4/c25-13-4-6-15(7-5-13)30-24(29)12-2-1-3-14(10-12)26-22(27)20-16-8-9-17(19-11-18(16)19)21(20)23(26)28/h1-10,16-21H,11H2/t16-,17-,18-,19-,20+,21+/m0/s1. The van der Waals surface area contributed by atoms with Gasteiger partial charge in [0.2, 0.25) is 11.8 Å². The van der Waals surface area contributed by atoms with Crippen molar-refractivity contribution in [1.29, 1.82) is 0 Å². The highest BCUT2D eigenvalue weighted by atomic mass is 35.5. The van der Waals surface area contributed by atoms with E-state index in [1.807, 2.05) is 0 Å². The molecule has 4 aliphatic carbocycles. The Labute approximate surface area is 178 Å². The summed E-state index contributed by atoms with van der Waals surface area (Å²) >= 11 is 5.86. The van der Waals surface area contributed by atoms with Crippen LogP contribution in [0.4, 0.5) is 5.69 Å². The van der Waals surface area contributed by atoms with Crippen LogP contribution < -0.4 is 9.64 Å². The molecule has 6 heteroatoms. The van der Waals surface area contributed by atoms with E-state index in [4.69, 9.17) is 16.3 Å². The molecule has 0 aromatic heterocycles. The molecule has 0 spiro atoms. The van der Waals surface area contributed by atoms with E-state index in [0.717, 1.165) is 6.42 Å². The fraction of sp³-hybridized carbons (Fsp3) is 0.292. The number of ether oxygens (including phenoxy) is 1. The summed E-state index contributed by atoms with van der Waals surface area (Å²) in [4.78, 5) is 40.4. The van der Waals surface area contributed by atoms with Crippen molar-refractivity contribution in [3.63, 3.8) is 0 Å². The minimum absolute atomic E-state index is 0.141. The minimum Gasteiger partial charge on any atom is -0.423 e. The van der Waals surface area contributed by atoms with Crippen molar-refractivity contribution in [1.82, 2.24) is 0 Å². The van der Waals surface area contributed by atoms with Crippen molar-refractivity contribution < 1.29 is 19.1 Å². The van der Waals surface area contributed by atoms with Gasteiger partial charge in [-0.15, -0.1) is 0 Å². The van der Waals surface area contributed by atoms with Crippen LogP contribution in [-0.2, 0) is 9.59 Å². The van der Waals surface area contributed by atoms with Crippen molar-refractivity contribution in [3.8, 4) is 5.75 Å². The number of rotatable bonds is 3. The summed E-state index contributed by atoms with van der Waals surface area (Å²) in [7, 11) is 0. The van der Waals surface area contributed by atoms with Gasteiger partial charge in [0.05, 0.1) is 23.1 Å². The molecular formula is C24H18ClNO4. The van der Waals surface area contributed by atoms with E-state index in [1.165, 1.54) is 4.90 Å². The maximum Gasteiger partial charge on any atom is 0.343 e. The number of hydrogen-bond donors (Lipinski definition) is 0. The zero-order valence-electron chi connectivity index (χ0n) is 15.9. The number of nitrogens with zero attached hydrogens (tertiary/aromatic N) is 1. The van der Waals surface area contributed by atoms with Gasteiger partial charge in [-0.2, -0.15) is 0 Å². The zero-order valence-corrected chi connectivity index (χ0v) is 16.7. The Hall–Kier alpha value is -2.92. The Morgan fingerprint density at radius 3 is 2.20 bits per heavy atom. The molecule has 5 aliphatic rings. The third kappa shape index (κ3) is 2.51. The van der Waals surface area contributed by atoms with Crippen LogP contribution in [0, 0.1) is 35.5 Å². The predicted octanol–water partition coefficient (Wildman–Crippen LogP) is 4.12. The van der Waals surface area contributed by atoms with Crippen LogP contribution in [-0.4, -0.2) is 17.8 Å². The number of benzene rings is 2. The van der Waals surface area contributed by atoms with Gasteiger partial charge in [-0.3, -0.25) is 9.59 Å². The summed E-state index contributed by atoms with van der Waals surface area (Å²) in [5.41, 5.74) is 0.708. The second-order valence-corrected chi connectivity index (χ2v) is 9.00. The molecule has 0 unspecified atom stereocenters. The zero-order chi connectivity index (χ0) is 20.6. The first kappa shape index (κ1) is 17.9. The summed E-state index contributed by atoms with van der Waals surface area (Å²) in [6, 6.07) is 13.0. The van der Waals surface area contributed by atoms with Gasteiger partial charge in [-0.05, 0) is 72.6 Å². The Kier molecular flexibility index (Phi) is 3.75. The summed E-state index contributed by atoms with van der Waals surface area (Å²) in [5.74, 6) is 0.457. The van der Waals surface area contributed by atoms with Gasteiger partial charge in [0, 0.05) is 5.02 Å². The fourth-order valence-corrected chi connectivity index (χ4v) is 5.78. The van der Waals surface area contributed by atoms with Crippen molar-refractivity contribution in [3.05, 3.63) is 71.3 Å². The predicted molar refractivity (Wildman–Crippen MR) is 110 cm³/mol. The van der Waals surface area contributed by atoms with E-state index in [9.17, 15) is 14.4 Å². The lowest BCUT2D eigenvalue weighted by molar-refractivity contribution is -0.124. The number of allylic oxidation sites excluding steroid dienone is 2. The number of anilines is 1. The first-order chi connectivity index (χ1) is 14.5. The molecule has 2 aromatic carbocycles. The molecule has 2 saturated carbocycles. The third-order valence-corrected chi connectivity index (χ3v) is 7.28. The second-order valence-electron chi connectivity index (χ2n) is 8.56. The summed E-state index contributed by atoms with van der Waals surface area (Å²) < 4.78 is 5.39. The van der Waals surface area contributed by atoms with E-state index in [0.29, 0.717) is 28.3 Å². The fourth-order valence-electron chi connectivity index (χ4n) is 5.65. The van der Waals surface area contributed by atoms with Gasteiger partial charge in [0.1, 0.15) is 5.75 Å². The van der Waals surface area contributed by atoms with Gasteiger partial charge < -0.3 is 4.74 Å². The van der Waals surface area contributed by atoms with Gasteiger partial charge in [-0.1, -0.05) is 29.8 Å². The number of carbonyl (C=O) groups excluding carboxylic acids is 3. The van der Waals surface area contributed by atoms with Crippen LogP contribution in [0.15, 0.2) is 60.7 Å². The van der Waals surface area contributed by atoms with E-state index in [1.54, 1.807) is 48.5 Å². The topological polar surface area (TPSA) is 63.7 Å². The molecule has 2 amide bonds. The van der Waals surface area contributed by atoms with Crippen molar-refractivity contribution in [2.24, 2.45) is 35.5 Å². The van der Waals surface area contributed by atoms with Crippen LogP contribution in [0.2, 0.25) is 5.02 Å². The average Bonchev–Trinajstić information content (AvgIpc) is 3.53. The van der Waals surface area contributed by atoms with Gasteiger partial charge >= 0.3 is 5.97 Å². The van der Waals surface area contributed by atoms with Gasteiger partial charge in [0.15, 0.2) is 0 Å². The largest absolute Gasteiger partial charge is 0.423 e. The maximum absolute atomic E-state index is 13.3. The second kappa shape index (κ2) is 6.29. The van der Waals surface area contributed by atoms with Crippen LogP contribution in [0.3, 0.4) is 0 Å². The third-order valence-electron chi connectivity index (χ3n) is 7.03. The normalized spacial score (nSPS) is 32.8. The SMILES string of the molecule is O=C(Oc1ccc(Cl)cc1)c1cccc(N2C(=O)[C@@H]3[C@H]4C=C[C@@H]([C@@H]5C[C@@H]45)[C@H]3C2=O)c1. The number of hydrogen-bond acceptors (Lipinski definition) is 4. The highest BCUT2D eigenvalue weighted by Gasteiger charge is 2.67. The molecular weight excluding hydrogens is 402 g/mol. The smallest absolute Gasteiger partial charge is 0.343 e. The number of carbonyl (C=O) groups is 3. The Bertz CT molecular complexity index is 1090. The molecule has 0 N–H and O–H groups in total. The number of amides is 2. The summed E-state index contributed by atoms with van der Waals surface area (Å²) in [6.45, 7) is 0. The van der Waals surface area contributed by atoms with Crippen LogP contribution in [0.1, 0.15) is 16.8 Å². The number of esters is 1. The molecule has 2 aromatic rings. The van der Waals surface area contributed by atoms with Gasteiger partial charge in [-0.25, -0.2) is 9.69 Å². The van der Waals surface area contributed by atoms with E-state index >= 15 is 0 Å². The highest BCUT2D eigenvalue weighted by Crippen LogP contribution is 2.65. The molecule has 2 bridgehead atoms. The van der Waals surface area contributed by atoms with Crippen molar-refractivity contribution in [2.45, 2.75) is 6.42 Å². The molecule has 30 heavy (non-hydrogen) atoms. The maximum atomic E-state index is 13.3. The van der Waals surface area contributed by atoms with Crippen LogP contribution in [0.5, 0.6) is 5.75 Å². The molecule has 7 rings (SSSR count). The van der Waals surface area contributed by atoms with Crippen LogP contribution >= 0.6 is 11.6 Å². The number of imide groups is 1. The molecule has 5 nitrogen and oxygen atoms in total. The lowest BCUT2D eigenvalue weighted by atomic mass is 9.63. The van der Waals surface area contributed by atoms with E-state index in [2.05, 4.69) is 12.2 Å². The van der Waals surface area contributed by atoms with Crippen LogP contribution in [0.25, 0.3) is 0 Å². The Morgan fingerprint density at radius 2 is 1.57 bits per heavy atom. The molecule has 1 heterocycles. The molecule has 6 atom stereocenters. The highest BCUT2D eigenvalue weighted by molar-refractivity contribution is 6.30. The van der Waals surface area contributed by atoms with Gasteiger partial charge in [0.25, 0.3) is 0 Å². The Morgan fingerprint density at radius 1 is 0.933 bits per heavy atom. The first-order valence-electron chi connectivity index (χ1n) is 10.2. The lowest BCUT2D eigenvalue weighted by Gasteiger charge is -2.37. The van der Waals surface area contributed by atoms with E-state index < -0.39 is 5.97 Å². The monoisotopic (exact) mass is 419 g/mol. The average molecular weight is 420 g/mol. The Balaban J connectivity index is 1.28. The lowest BCUT2D eigenvalue weighted by Crippen LogP contribution is -2.40. The molecule has 1 aliphatic heterocycles. The summed E-state index contributed by atoms with van der Waals surface area (Å²) in [6.07, 6.45) is 5.42. The molecule has 150 valence electrons. The number of halogens is 1. The van der Waals surface area contributed by atoms with Crippen molar-refractivity contribution >= 4 is 35.1 Å². The quantitative estimate of drug-likeness (QED) is 0.325.